The predicted molar refractivity (Wildman–Crippen MR) is 78.0 cm³/mol. The fraction of sp³-hybridized carbons (Fsp3) is 0.429. The molecule has 0 aliphatic carbocycles. The van der Waals surface area contributed by atoms with E-state index in [2.05, 4.69) is 15.9 Å². The summed E-state index contributed by atoms with van der Waals surface area (Å²) in [5, 5.41) is 9.25. The number of halogens is 1. The number of aliphatic carboxylic acids is 1. The third kappa shape index (κ3) is 4.61. The molecule has 1 aromatic rings. The van der Waals surface area contributed by atoms with Crippen LogP contribution in [0.4, 0.5) is 0 Å². The van der Waals surface area contributed by atoms with Crippen molar-refractivity contribution in [2.24, 2.45) is 11.7 Å². The summed E-state index contributed by atoms with van der Waals surface area (Å²) in [5.74, 6) is -3.58. The molecule has 3 N–H and O–H groups in total. The molecule has 2 atom stereocenters. The van der Waals surface area contributed by atoms with Crippen LogP contribution >= 0.6 is 15.9 Å². The van der Waals surface area contributed by atoms with E-state index < -0.39 is 29.5 Å². The Kier molecular flexibility index (Phi) is 5.30. The molecule has 0 aliphatic heterocycles. The van der Waals surface area contributed by atoms with Crippen LogP contribution in [0.1, 0.15) is 32.4 Å². The zero-order chi connectivity index (χ0) is 15.5. The van der Waals surface area contributed by atoms with Crippen molar-refractivity contribution in [2.75, 3.05) is 0 Å². The van der Waals surface area contributed by atoms with E-state index in [9.17, 15) is 14.7 Å². The zero-order valence-electron chi connectivity index (χ0n) is 11.6. The van der Waals surface area contributed by atoms with E-state index >= 15 is 0 Å². The lowest BCUT2D eigenvalue weighted by Gasteiger charge is -2.25. The van der Waals surface area contributed by atoms with E-state index in [0.29, 0.717) is 5.56 Å². The Morgan fingerprint density at radius 3 is 2.40 bits per heavy atom. The van der Waals surface area contributed by atoms with Gasteiger partial charge in [-0.25, -0.2) is 0 Å². The van der Waals surface area contributed by atoms with Gasteiger partial charge in [0.05, 0.1) is 6.04 Å². The fourth-order valence-corrected chi connectivity index (χ4v) is 2.09. The molecule has 1 rings (SSSR count). The topological polar surface area (TPSA) is 89.6 Å². The van der Waals surface area contributed by atoms with Crippen LogP contribution in [-0.4, -0.2) is 22.6 Å². The summed E-state index contributed by atoms with van der Waals surface area (Å²) in [5.41, 5.74) is 5.72. The molecule has 0 aromatic heterocycles. The van der Waals surface area contributed by atoms with Gasteiger partial charge < -0.3 is 15.6 Å². The third-order valence-corrected chi connectivity index (χ3v) is 3.01. The predicted octanol–water partition coefficient (Wildman–Crippen LogP) is 2.49. The van der Waals surface area contributed by atoms with E-state index in [1.54, 1.807) is 45.0 Å². The molecule has 1 unspecified atom stereocenters. The van der Waals surface area contributed by atoms with Crippen molar-refractivity contribution in [1.29, 1.82) is 0 Å². The molecule has 0 aliphatic rings. The summed E-state index contributed by atoms with van der Waals surface area (Å²) in [4.78, 5) is 23.3. The van der Waals surface area contributed by atoms with Crippen molar-refractivity contribution in [3.63, 3.8) is 0 Å². The largest absolute Gasteiger partial charge is 0.481 e. The maximum absolute atomic E-state index is 12.0. The number of carboxylic acids is 1. The lowest BCUT2D eigenvalue weighted by atomic mass is 9.93. The number of nitrogens with two attached hydrogens (primary N) is 1. The highest BCUT2D eigenvalue weighted by molar-refractivity contribution is 9.10. The molecule has 0 radical (unpaired) electrons. The Bertz CT molecular complexity index is 510. The first-order chi connectivity index (χ1) is 9.11. The number of esters is 1. The molecule has 0 spiro atoms. The number of carbonyl (C=O) groups excluding carboxylic acids is 1. The van der Waals surface area contributed by atoms with Crippen LogP contribution in [0, 0.1) is 5.92 Å². The lowest BCUT2D eigenvalue weighted by molar-refractivity contribution is -0.167. The Morgan fingerprint density at radius 2 is 1.95 bits per heavy atom. The summed E-state index contributed by atoms with van der Waals surface area (Å²) in [6.07, 6.45) is 0. The van der Waals surface area contributed by atoms with E-state index in [1.165, 1.54) is 0 Å². The maximum Gasteiger partial charge on any atom is 0.322 e. The number of hydrogen-bond donors (Lipinski definition) is 2. The van der Waals surface area contributed by atoms with Crippen molar-refractivity contribution in [2.45, 2.75) is 32.4 Å². The number of carbonyl (C=O) groups is 2. The summed E-state index contributed by atoms with van der Waals surface area (Å²) in [6, 6.07) is 5.91. The number of ether oxygens (including phenoxy) is 1. The quantitative estimate of drug-likeness (QED) is 0.647. The third-order valence-electron chi connectivity index (χ3n) is 2.52. The number of carboxylic acid groups (broad SMARTS) is 1. The number of hydrogen-bond acceptors (Lipinski definition) is 4. The Balaban J connectivity index is 3.02. The highest BCUT2D eigenvalue weighted by Crippen LogP contribution is 2.25. The molecule has 0 heterocycles. The molecule has 0 bridgehead atoms. The SMILES string of the molecule is CC(C)(C)OC(=O)[C@@H](C(=O)O)C(N)c1cccc(Br)c1. The molecule has 0 saturated carbocycles. The van der Waals surface area contributed by atoms with Gasteiger partial charge >= 0.3 is 11.9 Å². The van der Waals surface area contributed by atoms with Crippen LogP contribution in [0.5, 0.6) is 0 Å². The summed E-state index contributed by atoms with van der Waals surface area (Å²) in [7, 11) is 0. The molecule has 6 heteroatoms. The minimum Gasteiger partial charge on any atom is -0.481 e. The van der Waals surface area contributed by atoms with Gasteiger partial charge in [0.15, 0.2) is 5.92 Å². The zero-order valence-corrected chi connectivity index (χ0v) is 13.2. The molecule has 5 nitrogen and oxygen atoms in total. The molecule has 1 aromatic carbocycles. The summed E-state index contributed by atoms with van der Waals surface area (Å²) < 4.78 is 5.89. The second kappa shape index (κ2) is 6.37. The standard InChI is InChI=1S/C14H18BrNO4/c1-14(2,3)20-13(19)10(12(17)18)11(16)8-5-4-6-9(15)7-8/h4-7,10-11H,16H2,1-3H3,(H,17,18)/t10-,11?/m1/s1. The highest BCUT2D eigenvalue weighted by atomic mass is 79.9. The van der Waals surface area contributed by atoms with Gasteiger partial charge in [0.2, 0.25) is 0 Å². The molecule has 110 valence electrons. The van der Waals surface area contributed by atoms with Gasteiger partial charge in [0.1, 0.15) is 5.60 Å². The Hall–Kier alpha value is -1.40. The molecule has 0 amide bonds. The lowest BCUT2D eigenvalue weighted by Crippen LogP contribution is -2.39. The molecule has 0 saturated heterocycles. The van der Waals surface area contributed by atoms with Crippen LogP contribution in [0.3, 0.4) is 0 Å². The van der Waals surface area contributed by atoms with Crippen molar-refractivity contribution in [1.82, 2.24) is 0 Å². The molecule has 20 heavy (non-hydrogen) atoms. The second-order valence-electron chi connectivity index (χ2n) is 5.43. The van der Waals surface area contributed by atoms with Gasteiger partial charge in [-0.2, -0.15) is 0 Å². The van der Waals surface area contributed by atoms with E-state index in [1.807, 2.05) is 0 Å². The van der Waals surface area contributed by atoms with E-state index in [-0.39, 0.29) is 0 Å². The van der Waals surface area contributed by atoms with Crippen LogP contribution in [0.25, 0.3) is 0 Å². The van der Waals surface area contributed by atoms with Crippen molar-refractivity contribution in [3.05, 3.63) is 34.3 Å². The first-order valence-corrected chi connectivity index (χ1v) is 6.88. The summed E-state index contributed by atoms with van der Waals surface area (Å²) in [6.45, 7) is 5.03. The van der Waals surface area contributed by atoms with Crippen molar-refractivity contribution >= 4 is 27.9 Å². The van der Waals surface area contributed by atoms with E-state index in [4.69, 9.17) is 10.5 Å². The maximum atomic E-state index is 12.0. The van der Waals surface area contributed by atoms with Gasteiger partial charge in [0, 0.05) is 4.47 Å². The monoisotopic (exact) mass is 343 g/mol. The van der Waals surface area contributed by atoms with Gasteiger partial charge in [-0.15, -0.1) is 0 Å². The van der Waals surface area contributed by atoms with Crippen LogP contribution in [-0.2, 0) is 14.3 Å². The first-order valence-electron chi connectivity index (χ1n) is 6.08. The number of benzene rings is 1. The minimum atomic E-state index is -1.44. The average molecular weight is 344 g/mol. The molecular weight excluding hydrogens is 326 g/mol. The fourth-order valence-electron chi connectivity index (χ4n) is 1.67. The molecule has 0 fully saturated rings. The Morgan fingerprint density at radius 1 is 1.35 bits per heavy atom. The minimum absolute atomic E-state index is 0.553. The number of rotatable bonds is 4. The average Bonchev–Trinajstić information content (AvgIpc) is 2.25. The van der Waals surface area contributed by atoms with Gasteiger partial charge in [-0.1, -0.05) is 28.1 Å². The highest BCUT2D eigenvalue weighted by Gasteiger charge is 2.37. The van der Waals surface area contributed by atoms with Crippen LogP contribution in [0.15, 0.2) is 28.7 Å². The van der Waals surface area contributed by atoms with E-state index in [0.717, 1.165) is 4.47 Å². The van der Waals surface area contributed by atoms with Crippen molar-refractivity contribution in [3.8, 4) is 0 Å². The van der Waals surface area contributed by atoms with Gasteiger partial charge in [-0.3, -0.25) is 9.59 Å². The van der Waals surface area contributed by atoms with Crippen molar-refractivity contribution < 1.29 is 19.4 Å². The van der Waals surface area contributed by atoms with Gasteiger partial charge in [-0.05, 0) is 38.5 Å². The Labute approximate surface area is 126 Å². The first kappa shape index (κ1) is 16.7. The van der Waals surface area contributed by atoms with Crippen LogP contribution in [0.2, 0.25) is 0 Å². The smallest absolute Gasteiger partial charge is 0.322 e. The molecular formula is C14H18BrNO4. The normalized spacial score (nSPS) is 14.4. The second-order valence-corrected chi connectivity index (χ2v) is 6.35. The summed E-state index contributed by atoms with van der Waals surface area (Å²) >= 11 is 3.28. The van der Waals surface area contributed by atoms with Gasteiger partial charge in [0.25, 0.3) is 0 Å². The van der Waals surface area contributed by atoms with Crippen LogP contribution < -0.4 is 5.73 Å².